The van der Waals surface area contributed by atoms with Gasteiger partial charge in [0, 0.05) is 17.1 Å². The van der Waals surface area contributed by atoms with Crippen LogP contribution >= 0.6 is 11.6 Å². The van der Waals surface area contributed by atoms with Crippen LogP contribution in [0.2, 0.25) is 5.02 Å². The summed E-state index contributed by atoms with van der Waals surface area (Å²) in [5.41, 5.74) is 2.91. The van der Waals surface area contributed by atoms with Gasteiger partial charge in [0.25, 0.3) is 5.91 Å². The van der Waals surface area contributed by atoms with Gasteiger partial charge in [-0.05, 0) is 35.7 Å². The minimum atomic E-state index is -0.151. The van der Waals surface area contributed by atoms with Crippen LogP contribution in [0, 0.1) is 0 Å². The quantitative estimate of drug-likeness (QED) is 0.641. The Hall–Kier alpha value is -3.12. The molecule has 1 aliphatic rings. The minimum absolute atomic E-state index is 0.0775. The minimum Gasteiger partial charge on any atom is -0.494 e. The molecular formula is C22H20ClN3O3. The molecule has 29 heavy (non-hydrogen) atoms. The maximum Gasteiger partial charge on any atom is 0.316 e. The highest BCUT2D eigenvalue weighted by molar-refractivity contribution is 6.30. The van der Waals surface area contributed by atoms with Crippen LogP contribution in [-0.4, -0.2) is 40.5 Å². The zero-order valence-electron chi connectivity index (χ0n) is 15.9. The lowest BCUT2D eigenvalue weighted by molar-refractivity contribution is 0.0558. The lowest BCUT2D eigenvalue weighted by Gasteiger charge is -2.36. The molecule has 1 aromatic heterocycles. The first-order chi connectivity index (χ1) is 14.1. The van der Waals surface area contributed by atoms with Crippen molar-refractivity contribution in [2.45, 2.75) is 19.0 Å². The van der Waals surface area contributed by atoms with Crippen LogP contribution < -0.4 is 9.47 Å². The average Bonchev–Trinajstić information content (AvgIpc) is 2.77. The lowest BCUT2D eigenvalue weighted by Crippen LogP contribution is -2.47. The van der Waals surface area contributed by atoms with Crippen molar-refractivity contribution in [2.75, 3.05) is 13.7 Å². The molecule has 0 aliphatic carbocycles. The van der Waals surface area contributed by atoms with Gasteiger partial charge in [0.2, 0.25) is 0 Å². The van der Waals surface area contributed by atoms with E-state index in [9.17, 15) is 4.79 Å². The van der Waals surface area contributed by atoms with E-state index in [1.807, 2.05) is 17.0 Å². The van der Waals surface area contributed by atoms with E-state index in [0.717, 1.165) is 5.56 Å². The number of hydrogen-bond donors (Lipinski definition) is 0. The highest BCUT2D eigenvalue weighted by Gasteiger charge is 2.31. The summed E-state index contributed by atoms with van der Waals surface area (Å²) in [6.45, 7) is 0.798. The second-order valence-electron chi connectivity index (χ2n) is 6.79. The molecule has 4 rings (SSSR count). The van der Waals surface area contributed by atoms with Gasteiger partial charge in [0.1, 0.15) is 6.61 Å². The van der Waals surface area contributed by atoms with Crippen molar-refractivity contribution in [1.29, 1.82) is 0 Å². The molecule has 1 amide bonds. The van der Waals surface area contributed by atoms with Gasteiger partial charge in [-0.3, -0.25) is 4.79 Å². The van der Waals surface area contributed by atoms with Gasteiger partial charge in [-0.2, -0.15) is 9.97 Å². The molecule has 0 spiro atoms. The fraction of sp³-hybridized carbons (Fsp3) is 0.227. The third-order valence-electron chi connectivity index (χ3n) is 4.93. The van der Waals surface area contributed by atoms with Gasteiger partial charge in [0.05, 0.1) is 25.5 Å². The standard InChI is InChI=1S/C22H20ClN3O3/c1-28-20-11-24-22(25-12-20)29-14-19-10-15-5-2-3-6-17(15)13-26(19)21(27)16-7-4-8-18(23)9-16/h2-9,11-12,19H,10,13-14H2,1H3. The van der Waals surface area contributed by atoms with Crippen molar-refractivity contribution in [3.8, 4) is 11.8 Å². The Labute approximate surface area is 174 Å². The number of amides is 1. The summed E-state index contributed by atoms with van der Waals surface area (Å²) >= 11 is 6.09. The Morgan fingerprint density at radius 2 is 1.90 bits per heavy atom. The fourth-order valence-corrected chi connectivity index (χ4v) is 3.61. The second kappa shape index (κ2) is 8.49. The number of fused-ring (bicyclic) bond motifs is 1. The average molecular weight is 410 g/mol. The summed E-state index contributed by atoms with van der Waals surface area (Å²) in [4.78, 5) is 23.3. The molecule has 1 unspecified atom stereocenters. The highest BCUT2D eigenvalue weighted by atomic mass is 35.5. The van der Waals surface area contributed by atoms with Gasteiger partial charge >= 0.3 is 6.01 Å². The summed E-state index contributed by atoms with van der Waals surface area (Å²) in [5.74, 6) is 0.480. The van der Waals surface area contributed by atoms with Crippen LogP contribution in [0.4, 0.5) is 0 Å². The second-order valence-corrected chi connectivity index (χ2v) is 7.22. The molecule has 2 heterocycles. The molecule has 0 saturated carbocycles. The molecule has 3 aromatic rings. The third-order valence-corrected chi connectivity index (χ3v) is 5.17. The number of carbonyl (C=O) groups excluding carboxylic acids is 1. The molecule has 1 aliphatic heterocycles. The van der Waals surface area contributed by atoms with E-state index in [1.165, 1.54) is 5.56 Å². The SMILES string of the molecule is COc1cnc(OCC2Cc3ccccc3CN2C(=O)c2cccc(Cl)c2)nc1. The van der Waals surface area contributed by atoms with E-state index in [1.54, 1.807) is 43.8 Å². The topological polar surface area (TPSA) is 64.6 Å². The summed E-state index contributed by atoms with van der Waals surface area (Å²) in [6.07, 6.45) is 3.79. The number of halogens is 1. The first kappa shape index (κ1) is 19.2. The van der Waals surface area contributed by atoms with E-state index in [0.29, 0.717) is 29.3 Å². The summed E-state index contributed by atoms with van der Waals surface area (Å²) in [6, 6.07) is 15.2. The monoisotopic (exact) mass is 409 g/mol. The Morgan fingerprint density at radius 3 is 2.62 bits per heavy atom. The van der Waals surface area contributed by atoms with Crippen molar-refractivity contribution in [3.63, 3.8) is 0 Å². The van der Waals surface area contributed by atoms with Crippen LogP contribution in [0.25, 0.3) is 0 Å². The maximum atomic E-state index is 13.2. The van der Waals surface area contributed by atoms with Crippen LogP contribution in [0.3, 0.4) is 0 Å². The number of benzene rings is 2. The third kappa shape index (κ3) is 4.32. The lowest BCUT2D eigenvalue weighted by atomic mass is 9.93. The van der Waals surface area contributed by atoms with Crippen LogP contribution in [0.15, 0.2) is 60.9 Å². The Kier molecular flexibility index (Phi) is 5.62. The Balaban J connectivity index is 1.56. The number of carbonyl (C=O) groups is 1. The predicted molar refractivity (Wildman–Crippen MR) is 109 cm³/mol. The van der Waals surface area contributed by atoms with Gasteiger partial charge in [0.15, 0.2) is 5.75 Å². The maximum absolute atomic E-state index is 13.2. The number of rotatable bonds is 5. The number of methoxy groups -OCH3 is 1. The smallest absolute Gasteiger partial charge is 0.316 e. The molecule has 0 saturated heterocycles. The first-order valence-electron chi connectivity index (χ1n) is 9.26. The fourth-order valence-electron chi connectivity index (χ4n) is 3.42. The predicted octanol–water partition coefficient (Wildman–Crippen LogP) is 3.78. The van der Waals surface area contributed by atoms with Crippen molar-refractivity contribution < 1.29 is 14.3 Å². The van der Waals surface area contributed by atoms with Gasteiger partial charge in [-0.25, -0.2) is 0 Å². The summed E-state index contributed by atoms with van der Waals surface area (Å²) < 4.78 is 10.9. The van der Waals surface area contributed by atoms with Crippen LogP contribution in [0.1, 0.15) is 21.5 Å². The number of nitrogens with zero attached hydrogens (tertiary/aromatic N) is 3. The highest BCUT2D eigenvalue weighted by Crippen LogP contribution is 2.26. The molecule has 148 valence electrons. The molecule has 7 heteroatoms. The molecule has 6 nitrogen and oxygen atoms in total. The Bertz CT molecular complexity index is 1010. The summed E-state index contributed by atoms with van der Waals surface area (Å²) in [5, 5.41) is 0.535. The summed E-state index contributed by atoms with van der Waals surface area (Å²) in [7, 11) is 1.55. The molecule has 0 N–H and O–H groups in total. The van der Waals surface area contributed by atoms with E-state index in [-0.39, 0.29) is 24.6 Å². The van der Waals surface area contributed by atoms with Gasteiger partial charge in [-0.15, -0.1) is 0 Å². The van der Waals surface area contributed by atoms with Crippen molar-refractivity contribution >= 4 is 17.5 Å². The van der Waals surface area contributed by atoms with Crippen molar-refractivity contribution in [3.05, 3.63) is 82.6 Å². The zero-order valence-corrected chi connectivity index (χ0v) is 16.7. The molecule has 2 aromatic carbocycles. The molecule has 1 atom stereocenters. The first-order valence-corrected chi connectivity index (χ1v) is 9.64. The normalized spacial score (nSPS) is 15.5. The largest absolute Gasteiger partial charge is 0.494 e. The van der Waals surface area contributed by atoms with Crippen LogP contribution in [0.5, 0.6) is 11.8 Å². The van der Waals surface area contributed by atoms with E-state index in [2.05, 4.69) is 22.1 Å². The van der Waals surface area contributed by atoms with Crippen molar-refractivity contribution in [2.24, 2.45) is 0 Å². The molecule has 0 bridgehead atoms. The number of aromatic nitrogens is 2. The molecule has 0 fully saturated rings. The molecule has 0 radical (unpaired) electrons. The van der Waals surface area contributed by atoms with Crippen LogP contribution in [-0.2, 0) is 13.0 Å². The van der Waals surface area contributed by atoms with E-state index < -0.39 is 0 Å². The van der Waals surface area contributed by atoms with Gasteiger partial charge in [-0.1, -0.05) is 41.9 Å². The zero-order chi connectivity index (χ0) is 20.2. The number of hydrogen-bond acceptors (Lipinski definition) is 5. The number of ether oxygens (including phenoxy) is 2. The van der Waals surface area contributed by atoms with E-state index >= 15 is 0 Å². The van der Waals surface area contributed by atoms with E-state index in [4.69, 9.17) is 21.1 Å². The molecular weight excluding hydrogens is 390 g/mol. The van der Waals surface area contributed by atoms with Crippen molar-refractivity contribution in [1.82, 2.24) is 14.9 Å². The van der Waals surface area contributed by atoms with Gasteiger partial charge < -0.3 is 14.4 Å². The Morgan fingerprint density at radius 1 is 1.14 bits per heavy atom.